The Morgan fingerprint density at radius 1 is 1.53 bits per heavy atom. The molecule has 0 amide bonds. The number of aromatic carboxylic acids is 1. The molecule has 7 heteroatoms. The number of hydrogen-bond acceptors (Lipinski definition) is 4. The lowest BCUT2D eigenvalue weighted by Gasteiger charge is -2.08. The molecule has 0 spiro atoms. The Morgan fingerprint density at radius 3 is 2.53 bits per heavy atom. The molecule has 0 saturated heterocycles. The van der Waals surface area contributed by atoms with Gasteiger partial charge in [0, 0.05) is 11.1 Å². The van der Waals surface area contributed by atoms with Crippen molar-refractivity contribution in [3.05, 3.63) is 28.8 Å². The van der Waals surface area contributed by atoms with Crippen LogP contribution in [0.5, 0.6) is 5.75 Å². The fraction of sp³-hybridized carbons (Fsp3) is 0.100. The van der Waals surface area contributed by atoms with E-state index in [2.05, 4.69) is 10.1 Å². The largest absolute Gasteiger partial charge is 0.488 e. The van der Waals surface area contributed by atoms with Crippen LogP contribution in [0.1, 0.15) is 21.5 Å². The summed E-state index contributed by atoms with van der Waals surface area (Å²) in [6, 6.07) is 2.23. The maximum atomic E-state index is 12.4. The predicted molar refractivity (Wildman–Crippen MR) is 56.7 cm³/mol. The summed E-state index contributed by atoms with van der Waals surface area (Å²) in [4.78, 5) is 10.8. The summed E-state index contributed by atoms with van der Waals surface area (Å²) in [7, 11) is -5.23. The van der Waals surface area contributed by atoms with Crippen molar-refractivity contribution >= 4 is 16.5 Å². The minimum atomic E-state index is -5.23. The van der Waals surface area contributed by atoms with E-state index in [1.807, 2.05) is 0 Å². The average molecular weight is 258 g/mol. The molecule has 1 aromatic carbocycles. The predicted octanol–water partition coefficient (Wildman–Crippen LogP) is 1.27. The molecule has 0 atom stereocenters. The number of carboxylic acid groups (broad SMARTS) is 1. The number of carbonyl (C=O) groups is 1. The Morgan fingerprint density at radius 2 is 2.12 bits per heavy atom. The zero-order chi connectivity index (χ0) is 13.2. The lowest BCUT2D eigenvalue weighted by atomic mass is 10.0. The minimum absolute atomic E-state index is 0.0299. The first-order valence-corrected chi connectivity index (χ1v) is 5.54. The van der Waals surface area contributed by atoms with E-state index in [9.17, 15) is 17.1 Å². The highest BCUT2D eigenvalue weighted by Crippen LogP contribution is 2.25. The molecule has 5 nitrogen and oxygen atoms in total. The first-order chi connectivity index (χ1) is 7.74. The lowest BCUT2D eigenvalue weighted by molar-refractivity contribution is 0.0695. The van der Waals surface area contributed by atoms with Crippen molar-refractivity contribution in [3.8, 4) is 18.1 Å². The Labute approximate surface area is 97.3 Å². The summed E-state index contributed by atoms with van der Waals surface area (Å²) >= 11 is 0. The molecule has 0 fully saturated rings. The molecule has 0 bridgehead atoms. The van der Waals surface area contributed by atoms with Crippen molar-refractivity contribution in [1.29, 1.82) is 0 Å². The summed E-state index contributed by atoms with van der Waals surface area (Å²) in [5, 5.41) is 8.84. The maximum absolute atomic E-state index is 12.4. The van der Waals surface area contributed by atoms with Gasteiger partial charge in [-0.25, -0.2) is 4.79 Å². The van der Waals surface area contributed by atoms with Crippen LogP contribution < -0.4 is 4.18 Å². The van der Waals surface area contributed by atoms with Gasteiger partial charge in [0.25, 0.3) is 0 Å². The highest BCUT2D eigenvalue weighted by atomic mass is 32.3. The fourth-order valence-corrected chi connectivity index (χ4v) is 1.57. The molecule has 0 aliphatic heterocycles. The van der Waals surface area contributed by atoms with E-state index in [4.69, 9.17) is 11.5 Å². The molecular formula is C10H7FO5S. The van der Waals surface area contributed by atoms with Crippen LogP contribution in [-0.2, 0) is 10.5 Å². The third-order valence-electron chi connectivity index (χ3n) is 1.95. The molecule has 0 radical (unpaired) electrons. The van der Waals surface area contributed by atoms with Crippen LogP contribution in [0.15, 0.2) is 12.1 Å². The Balaban J connectivity index is 3.45. The fourth-order valence-electron chi connectivity index (χ4n) is 1.19. The molecule has 0 saturated carbocycles. The van der Waals surface area contributed by atoms with Gasteiger partial charge in [-0.05, 0) is 19.1 Å². The summed E-state index contributed by atoms with van der Waals surface area (Å²) in [6.07, 6.45) is 5.06. The van der Waals surface area contributed by atoms with Gasteiger partial charge in [0.05, 0.1) is 5.56 Å². The van der Waals surface area contributed by atoms with Crippen LogP contribution in [0.4, 0.5) is 3.89 Å². The van der Waals surface area contributed by atoms with Crippen LogP contribution in [-0.4, -0.2) is 19.5 Å². The van der Waals surface area contributed by atoms with Crippen molar-refractivity contribution in [3.63, 3.8) is 0 Å². The lowest BCUT2D eigenvalue weighted by Crippen LogP contribution is -2.07. The molecular weight excluding hydrogens is 251 g/mol. The van der Waals surface area contributed by atoms with Gasteiger partial charge in [0.2, 0.25) is 0 Å². The van der Waals surface area contributed by atoms with E-state index in [0.29, 0.717) is 0 Å². The SMILES string of the molecule is C#Cc1cc(OS(=O)(=O)F)c(C)c(C(=O)O)c1. The van der Waals surface area contributed by atoms with Crippen molar-refractivity contribution < 1.29 is 26.4 Å². The first kappa shape index (κ1) is 13.0. The minimum Gasteiger partial charge on any atom is -0.478 e. The van der Waals surface area contributed by atoms with Crippen molar-refractivity contribution in [1.82, 2.24) is 0 Å². The van der Waals surface area contributed by atoms with Crippen molar-refractivity contribution in [2.24, 2.45) is 0 Å². The highest BCUT2D eigenvalue weighted by molar-refractivity contribution is 7.81. The van der Waals surface area contributed by atoms with E-state index in [1.54, 1.807) is 0 Å². The molecule has 1 N–H and O–H groups in total. The van der Waals surface area contributed by atoms with Crippen LogP contribution in [0, 0.1) is 19.3 Å². The summed E-state index contributed by atoms with van der Waals surface area (Å²) in [5.74, 6) is 0.352. The Hall–Kier alpha value is -2.07. The van der Waals surface area contributed by atoms with Gasteiger partial charge in [-0.1, -0.05) is 9.81 Å². The van der Waals surface area contributed by atoms with Gasteiger partial charge < -0.3 is 9.29 Å². The zero-order valence-electron chi connectivity index (χ0n) is 8.60. The quantitative estimate of drug-likeness (QED) is 0.652. The standard InChI is InChI=1S/C10H7FO5S/c1-3-7-4-8(10(12)13)6(2)9(5-7)16-17(11,14)15/h1,4-5H,2H3,(H,12,13). The molecule has 1 rings (SSSR count). The van der Waals surface area contributed by atoms with Crippen LogP contribution in [0.3, 0.4) is 0 Å². The van der Waals surface area contributed by atoms with Crippen molar-refractivity contribution in [2.75, 3.05) is 0 Å². The van der Waals surface area contributed by atoms with E-state index < -0.39 is 22.2 Å². The van der Waals surface area contributed by atoms with Crippen LogP contribution in [0.2, 0.25) is 0 Å². The monoisotopic (exact) mass is 258 g/mol. The highest BCUT2D eigenvalue weighted by Gasteiger charge is 2.18. The first-order valence-electron chi connectivity index (χ1n) is 4.23. The van der Waals surface area contributed by atoms with E-state index in [1.165, 1.54) is 6.92 Å². The number of halogens is 1. The third kappa shape index (κ3) is 3.19. The average Bonchev–Trinajstić information content (AvgIpc) is 2.18. The van der Waals surface area contributed by atoms with Gasteiger partial charge in [0.1, 0.15) is 5.75 Å². The van der Waals surface area contributed by atoms with E-state index in [-0.39, 0.29) is 16.7 Å². The maximum Gasteiger partial charge on any atom is 0.488 e. The molecule has 1 aromatic rings. The van der Waals surface area contributed by atoms with Crippen LogP contribution >= 0.6 is 0 Å². The molecule has 0 aliphatic rings. The summed E-state index contributed by atoms with van der Waals surface area (Å²) < 4.78 is 37.1. The molecule has 0 unspecified atom stereocenters. The van der Waals surface area contributed by atoms with Gasteiger partial charge in [-0.3, -0.25) is 0 Å². The normalized spacial score (nSPS) is 10.6. The summed E-state index contributed by atoms with van der Waals surface area (Å²) in [5.41, 5.74) is -0.205. The topological polar surface area (TPSA) is 80.7 Å². The number of rotatable bonds is 3. The summed E-state index contributed by atoms with van der Waals surface area (Å²) in [6.45, 7) is 1.28. The molecule has 17 heavy (non-hydrogen) atoms. The van der Waals surface area contributed by atoms with Gasteiger partial charge in [-0.2, -0.15) is 8.42 Å². The zero-order valence-corrected chi connectivity index (χ0v) is 9.41. The van der Waals surface area contributed by atoms with Crippen LogP contribution in [0.25, 0.3) is 0 Å². The van der Waals surface area contributed by atoms with Gasteiger partial charge >= 0.3 is 16.5 Å². The molecule has 90 valence electrons. The van der Waals surface area contributed by atoms with E-state index in [0.717, 1.165) is 12.1 Å². The smallest absolute Gasteiger partial charge is 0.478 e. The third-order valence-corrected chi connectivity index (χ3v) is 2.33. The van der Waals surface area contributed by atoms with Gasteiger partial charge in [0.15, 0.2) is 0 Å². The second-order valence-corrected chi connectivity index (χ2v) is 4.03. The molecule has 0 aromatic heterocycles. The second-order valence-electron chi connectivity index (χ2n) is 3.07. The van der Waals surface area contributed by atoms with Crippen molar-refractivity contribution in [2.45, 2.75) is 6.92 Å². The number of benzene rings is 1. The second kappa shape index (κ2) is 4.43. The van der Waals surface area contributed by atoms with E-state index >= 15 is 0 Å². The number of carboxylic acids is 1. The Kier molecular flexibility index (Phi) is 3.39. The number of hydrogen-bond donors (Lipinski definition) is 1. The van der Waals surface area contributed by atoms with Gasteiger partial charge in [-0.15, -0.1) is 6.42 Å². The Bertz CT molecular complexity index is 612. The number of terminal acetylenes is 1. The molecule has 0 heterocycles. The molecule has 0 aliphatic carbocycles.